The van der Waals surface area contributed by atoms with Crippen LogP contribution in [0.3, 0.4) is 0 Å². The Hall–Kier alpha value is -5.04. The molecule has 0 bridgehead atoms. The van der Waals surface area contributed by atoms with Gasteiger partial charge >= 0.3 is 5.97 Å². The van der Waals surface area contributed by atoms with Gasteiger partial charge in [-0.05, 0) is 121 Å². The number of aryl methyl sites for hydroxylation is 2. The second-order valence-electron chi connectivity index (χ2n) is 14.2. The molecule has 0 amide bonds. The molecule has 266 valence electrons. The standard InChI is InChI=1S/C44H52N4O3/c1-9-12-30-14-16-32(17-15-30)38-24-29(4)44(47(38)7)42-36-27-39(46(5)6)40(48(10-2)22-11-13-41(49)50)25-33(36)23-28(3)35-26-37(45-43(35)42)31-18-20-34(51-8)21-19-31/h14-21,24-28H,9-13,22-23H2,1-8H3,(H,49,50). The van der Waals surface area contributed by atoms with Gasteiger partial charge in [0.2, 0.25) is 0 Å². The fourth-order valence-corrected chi connectivity index (χ4v) is 7.76. The molecule has 2 heterocycles. The number of carboxylic acids is 1. The number of hydrogen-bond acceptors (Lipinski definition) is 5. The fraction of sp³-hybridized carbons (Fsp3) is 0.364. The van der Waals surface area contributed by atoms with Gasteiger partial charge in [-0.2, -0.15) is 0 Å². The zero-order valence-corrected chi connectivity index (χ0v) is 31.5. The first-order chi connectivity index (χ1) is 24.5. The van der Waals surface area contributed by atoms with E-state index in [1.807, 2.05) is 12.1 Å². The van der Waals surface area contributed by atoms with Crippen LogP contribution in [-0.4, -0.2) is 55.6 Å². The molecule has 0 saturated heterocycles. The Morgan fingerprint density at radius 1 is 1.00 bits per heavy atom. The van der Waals surface area contributed by atoms with Crippen molar-refractivity contribution < 1.29 is 14.6 Å². The number of aromatic nitrogens is 1. The summed E-state index contributed by atoms with van der Waals surface area (Å²) in [4.78, 5) is 21.4. The third-order valence-corrected chi connectivity index (χ3v) is 10.4. The molecule has 1 aliphatic heterocycles. The number of hydrogen-bond donors (Lipinski definition) is 1. The molecule has 6 rings (SSSR count). The number of carbonyl (C=O) groups is 1. The predicted octanol–water partition coefficient (Wildman–Crippen LogP) is 9.10. The Labute approximate surface area is 303 Å². The lowest BCUT2D eigenvalue weighted by Crippen LogP contribution is -2.27. The number of ether oxygens (including phenoxy) is 1. The van der Waals surface area contributed by atoms with Crippen LogP contribution in [0.2, 0.25) is 0 Å². The monoisotopic (exact) mass is 684 g/mol. The van der Waals surface area contributed by atoms with Crippen LogP contribution in [0.5, 0.6) is 5.75 Å². The van der Waals surface area contributed by atoms with Gasteiger partial charge in [-0.1, -0.05) is 44.5 Å². The van der Waals surface area contributed by atoms with Gasteiger partial charge in [0.15, 0.2) is 0 Å². The minimum Gasteiger partial charge on any atom is -0.497 e. The van der Waals surface area contributed by atoms with E-state index in [1.54, 1.807) is 7.11 Å². The van der Waals surface area contributed by atoms with Crippen LogP contribution in [0, 0.1) is 12.8 Å². The molecular formula is C44H52N4O3. The van der Waals surface area contributed by atoms with Crippen molar-refractivity contribution in [3.63, 3.8) is 0 Å². The number of carboxylic acid groups (broad SMARTS) is 1. The quantitative estimate of drug-likeness (QED) is 0.152. The van der Waals surface area contributed by atoms with Crippen molar-refractivity contribution in [3.05, 3.63) is 118 Å². The number of nitrogens with zero attached hydrogens (tertiary/aromatic N) is 4. The van der Waals surface area contributed by atoms with Gasteiger partial charge in [-0.15, -0.1) is 0 Å². The molecule has 4 aromatic rings. The number of rotatable bonds is 13. The summed E-state index contributed by atoms with van der Waals surface area (Å²) in [7, 11) is 8.07. The van der Waals surface area contributed by atoms with Crippen molar-refractivity contribution in [3.8, 4) is 17.0 Å². The lowest BCUT2D eigenvalue weighted by molar-refractivity contribution is -0.137. The maximum Gasteiger partial charge on any atom is 0.303 e. The third-order valence-electron chi connectivity index (χ3n) is 10.4. The van der Waals surface area contributed by atoms with Crippen LogP contribution in [0.1, 0.15) is 73.5 Å². The summed E-state index contributed by atoms with van der Waals surface area (Å²) in [5.74, 6) is 0.295. The minimum absolute atomic E-state index is 0.158. The van der Waals surface area contributed by atoms with E-state index in [0.717, 1.165) is 65.5 Å². The molecule has 3 aromatic carbocycles. The van der Waals surface area contributed by atoms with E-state index >= 15 is 0 Å². The SMILES string of the molecule is CCCc1ccc(-c2cc(C)c(C3=C4N=C(c5ccc(OC)cc5)C=C4C(C)Cc4cc(N(CC)CCCC(=O)O)c(N(C)C)cc43)n2C)cc1. The highest BCUT2D eigenvalue weighted by atomic mass is 16.5. The van der Waals surface area contributed by atoms with Gasteiger partial charge in [0.1, 0.15) is 5.75 Å². The van der Waals surface area contributed by atoms with Crippen molar-refractivity contribution in [1.29, 1.82) is 0 Å². The summed E-state index contributed by atoms with van der Waals surface area (Å²) in [5, 5.41) is 9.36. The van der Waals surface area contributed by atoms with Gasteiger partial charge in [-0.3, -0.25) is 4.79 Å². The van der Waals surface area contributed by atoms with Gasteiger partial charge in [0.05, 0.1) is 35.6 Å². The van der Waals surface area contributed by atoms with Crippen LogP contribution < -0.4 is 14.5 Å². The number of benzene rings is 3. The van der Waals surface area contributed by atoms with Gasteiger partial charge in [0.25, 0.3) is 0 Å². The predicted molar refractivity (Wildman–Crippen MR) is 212 cm³/mol. The van der Waals surface area contributed by atoms with Crippen molar-refractivity contribution in [2.24, 2.45) is 18.0 Å². The van der Waals surface area contributed by atoms with Gasteiger partial charge in [0, 0.05) is 57.5 Å². The Kier molecular flexibility index (Phi) is 10.6. The van der Waals surface area contributed by atoms with Crippen molar-refractivity contribution >= 4 is 28.6 Å². The second-order valence-corrected chi connectivity index (χ2v) is 14.2. The zero-order chi connectivity index (χ0) is 36.4. The average molecular weight is 685 g/mol. The van der Waals surface area contributed by atoms with Gasteiger partial charge < -0.3 is 24.2 Å². The van der Waals surface area contributed by atoms with E-state index in [-0.39, 0.29) is 12.3 Å². The van der Waals surface area contributed by atoms with E-state index in [1.165, 1.54) is 44.8 Å². The second kappa shape index (κ2) is 15.1. The molecule has 51 heavy (non-hydrogen) atoms. The van der Waals surface area contributed by atoms with Crippen LogP contribution in [0.25, 0.3) is 16.8 Å². The van der Waals surface area contributed by atoms with E-state index in [9.17, 15) is 9.90 Å². The minimum atomic E-state index is -0.755. The number of allylic oxidation sites excluding steroid dienone is 2. The lowest BCUT2D eigenvalue weighted by Gasteiger charge is -2.30. The van der Waals surface area contributed by atoms with Crippen molar-refractivity contribution in [1.82, 2.24) is 4.57 Å². The molecule has 7 nitrogen and oxygen atoms in total. The first-order valence-corrected chi connectivity index (χ1v) is 18.3. The summed E-state index contributed by atoms with van der Waals surface area (Å²) < 4.78 is 7.81. The average Bonchev–Trinajstić information content (AvgIpc) is 3.66. The van der Waals surface area contributed by atoms with Crippen LogP contribution in [0.15, 0.2) is 89.1 Å². The molecule has 1 unspecified atom stereocenters. The lowest BCUT2D eigenvalue weighted by atomic mass is 9.91. The highest BCUT2D eigenvalue weighted by Crippen LogP contribution is 2.47. The maximum absolute atomic E-state index is 11.4. The van der Waals surface area contributed by atoms with Crippen LogP contribution in [0.4, 0.5) is 11.4 Å². The fourth-order valence-electron chi connectivity index (χ4n) is 7.76. The van der Waals surface area contributed by atoms with Gasteiger partial charge in [-0.25, -0.2) is 4.99 Å². The smallest absolute Gasteiger partial charge is 0.303 e. The Morgan fingerprint density at radius 3 is 2.33 bits per heavy atom. The molecule has 0 radical (unpaired) electrons. The van der Waals surface area contributed by atoms with Crippen molar-refractivity contribution in [2.45, 2.75) is 59.8 Å². The molecule has 0 fully saturated rings. The van der Waals surface area contributed by atoms with Crippen molar-refractivity contribution in [2.75, 3.05) is 44.1 Å². The Bertz CT molecular complexity index is 2010. The largest absolute Gasteiger partial charge is 0.497 e. The highest BCUT2D eigenvalue weighted by molar-refractivity contribution is 6.13. The zero-order valence-electron chi connectivity index (χ0n) is 31.5. The molecule has 2 aliphatic rings. The molecular weight excluding hydrogens is 633 g/mol. The number of methoxy groups -OCH3 is 1. The van der Waals surface area contributed by atoms with E-state index < -0.39 is 5.97 Å². The molecule has 0 saturated carbocycles. The molecule has 7 heteroatoms. The summed E-state index contributed by atoms with van der Waals surface area (Å²) in [5.41, 5.74) is 16.3. The summed E-state index contributed by atoms with van der Waals surface area (Å²) in [6.45, 7) is 10.4. The number of aliphatic carboxylic acids is 1. The number of aliphatic imine (C=N–C) groups is 1. The highest BCUT2D eigenvalue weighted by Gasteiger charge is 2.33. The van der Waals surface area contributed by atoms with E-state index in [2.05, 4.69) is 124 Å². The summed E-state index contributed by atoms with van der Waals surface area (Å²) in [6.07, 6.45) is 6.12. The molecule has 1 aromatic heterocycles. The number of anilines is 2. The summed E-state index contributed by atoms with van der Waals surface area (Å²) in [6, 6.07) is 24.3. The Morgan fingerprint density at radius 2 is 1.71 bits per heavy atom. The molecule has 1 atom stereocenters. The molecule has 1 N–H and O–H groups in total. The van der Waals surface area contributed by atoms with E-state index in [0.29, 0.717) is 13.0 Å². The number of fused-ring (bicyclic) bond motifs is 2. The first-order valence-electron chi connectivity index (χ1n) is 18.3. The topological polar surface area (TPSA) is 70.3 Å². The summed E-state index contributed by atoms with van der Waals surface area (Å²) >= 11 is 0. The first kappa shape index (κ1) is 35.8. The molecule has 1 aliphatic carbocycles. The Balaban J connectivity index is 1.59. The molecule has 0 spiro atoms. The normalized spacial score (nSPS) is 15.2. The van der Waals surface area contributed by atoms with E-state index in [4.69, 9.17) is 9.73 Å². The third kappa shape index (κ3) is 7.12. The maximum atomic E-state index is 11.4. The van der Waals surface area contributed by atoms with Crippen LogP contribution >= 0.6 is 0 Å². The van der Waals surface area contributed by atoms with Crippen LogP contribution in [-0.2, 0) is 24.7 Å².